The summed E-state index contributed by atoms with van der Waals surface area (Å²) in [6.07, 6.45) is -7.80. The molecule has 3 aromatic rings. The smallest absolute Gasteiger partial charge is 0.321 e. The maximum atomic E-state index is 13.2. The Labute approximate surface area is 257 Å². The number of carbonyl (C=O) groups excluding carboxylic acids is 1. The van der Waals surface area contributed by atoms with E-state index in [-0.39, 0.29) is 52.3 Å². The highest BCUT2D eigenvalue weighted by Gasteiger charge is 2.60. The SMILES string of the molecule is CNCC(C(=O)O)C(=O)OCC1OC(Oc2ccc3c(=O)c(-c4ccc(O)cc4)coc3c2)C(O)C(O)(C(O)CC(C)C)C1O. The minimum Gasteiger partial charge on any atom is -0.508 e. The molecule has 7 atom stereocenters. The summed E-state index contributed by atoms with van der Waals surface area (Å²) in [7, 11) is 1.45. The van der Waals surface area contributed by atoms with Crippen molar-refractivity contribution in [2.24, 2.45) is 11.8 Å². The molecule has 7 unspecified atom stereocenters. The first-order valence-corrected chi connectivity index (χ1v) is 14.3. The summed E-state index contributed by atoms with van der Waals surface area (Å²) >= 11 is 0. The molecule has 14 heteroatoms. The van der Waals surface area contributed by atoms with Crippen molar-refractivity contribution in [3.63, 3.8) is 0 Å². The van der Waals surface area contributed by atoms with Crippen LogP contribution in [0, 0.1) is 11.8 Å². The van der Waals surface area contributed by atoms with E-state index in [2.05, 4.69) is 5.32 Å². The third kappa shape index (κ3) is 7.11. The lowest BCUT2D eigenvalue weighted by atomic mass is 9.77. The second kappa shape index (κ2) is 13.9. The van der Waals surface area contributed by atoms with Gasteiger partial charge in [-0.1, -0.05) is 26.0 Å². The zero-order valence-corrected chi connectivity index (χ0v) is 24.8. The number of benzene rings is 2. The number of ether oxygens (including phenoxy) is 3. The minimum atomic E-state index is -2.62. The zero-order chi connectivity index (χ0) is 33.1. The first kappa shape index (κ1) is 33.8. The normalized spacial score (nSPS) is 24.7. The van der Waals surface area contributed by atoms with E-state index in [4.69, 9.17) is 18.6 Å². The second-order valence-electron chi connectivity index (χ2n) is 11.3. The number of aliphatic hydroxyl groups excluding tert-OH is 3. The molecule has 7 N–H and O–H groups in total. The van der Waals surface area contributed by atoms with Gasteiger partial charge in [0.2, 0.25) is 6.29 Å². The van der Waals surface area contributed by atoms with Crippen LogP contribution in [0.2, 0.25) is 0 Å². The van der Waals surface area contributed by atoms with Crippen molar-refractivity contribution in [1.82, 2.24) is 5.32 Å². The second-order valence-corrected chi connectivity index (χ2v) is 11.3. The van der Waals surface area contributed by atoms with Gasteiger partial charge in [-0.15, -0.1) is 0 Å². The molecule has 2 heterocycles. The maximum Gasteiger partial charge on any atom is 0.321 e. The van der Waals surface area contributed by atoms with Crippen molar-refractivity contribution in [2.45, 2.75) is 56.6 Å². The van der Waals surface area contributed by atoms with E-state index in [1.165, 1.54) is 43.6 Å². The van der Waals surface area contributed by atoms with Crippen LogP contribution in [0.1, 0.15) is 20.3 Å². The standard InChI is InChI=1S/C31H37NO13/c1-15(2)10-24(34)31(41)26(36)23(14-43-29(40)20(12-32-3)28(38)39)45-30(27(31)37)44-18-8-9-19-22(11-18)42-13-21(25(19)35)16-4-6-17(33)7-5-16/h4-9,11,13,15,20,23-24,26-27,30,32-34,36-37,41H,10,12,14H2,1-3H3,(H,38,39). The van der Waals surface area contributed by atoms with Gasteiger partial charge in [-0.2, -0.15) is 0 Å². The molecule has 1 saturated heterocycles. The van der Waals surface area contributed by atoms with Crippen molar-refractivity contribution in [3.8, 4) is 22.6 Å². The average Bonchev–Trinajstić information content (AvgIpc) is 2.99. The number of rotatable bonds is 12. The van der Waals surface area contributed by atoms with Crippen LogP contribution in [0.15, 0.2) is 57.9 Å². The first-order chi connectivity index (χ1) is 21.3. The van der Waals surface area contributed by atoms with Gasteiger partial charge in [-0.3, -0.25) is 14.4 Å². The van der Waals surface area contributed by atoms with Crippen molar-refractivity contribution in [2.75, 3.05) is 20.2 Å². The Bertz CT molecular complexity index is 1560. The van der Waals surface area contributed by atoms with E-state index >= 15 is 0 Å². The van der Waals surface area contributed by atoms with Crippen LogP contribution in [0.5, 0.6) is 11.5 Å². The van der Waals surface area contributed by atoms with Gasteiger partial charge in [-0.25, -0.2) is 0 Å². The number of carboxylic acid groups (broad SMARTS) is 1. The van der Waals surface area contributed by atoms with Crippen LogP contribution < -0.4 is 15.5 Å². The molecular formula is C31H37NO13. The molecular weight excluding hydrogens is 594 g/mol. The van der Waals surface area contributed by atoms with E-state index in [0.29, 0.717) is 5.56 Å². The van der Waals surface area contributed by atoms with Crippen LogP contribution in [0.3, 0.4) is 0 Å². The average molecular weight is 632 g/mol. The lowest BCUT2D eigenvalue weighted by Gasteiger charge is -2.49. The van der Waals surface area contributed by atoms with Crippen molar-refractivity contribution < 1.29 is 58.9 Å². The third-order valence-electron chi connectivity index (χ3n) is 7.65. The number of phenolic OH excluding ortho intramolecular Hbond substituents is 1. The third-order valence-corrected chi connectivity index (χ3v) is 7.65. The Morgan fingerprint density at radius 1 is 1.09 bits per heavy atom. The molecule has 0 radical (unpaired) electrons. The predicted octanol–water partition coefficient (Wildman–Crippen LogP) is 0.593. The Balaban J connectivity index is 1.62. The number of carboxylic acids is 1. The number of nitrogens with one attached hydrogen (secondary N) is 1. The molecule has 1 fully saturated rings. The highest BCUT2D eigenvalue weighted by molar-refractivity contribution is 5.94. The minimum absolute atomic E-state index is 0.0138. The van der Waals surface area contributed by atoms with Crippen LogP contribution in [0.4, 0.5) is 0 Å². The number of aliphatic carboxylic acids is 1. The number of aliphatic hydroxyl groups is 4. The fourth-order valence-electron chi connectivity index (χ4n) is 5.16. The highest BCUT2D eigenvalue weighted by atomic mass is 16.7. The van der Waals surface area contributed by atoms with Gasteiger partial charge in [-0.05, 0) is 49.2 Å². The van der Waals surface area contributed by atoms with E-state index in [1.54, 1.807) is 26.0 Å². The fourth-order valence-corrected chi connectivity index (χ4v) is 5.16. The molecule has 0 amide bonds. The van der Waals surface area contributed by atoms with Crippen LogP contribution in [0.25, 0.3) is 22.1 Å². The summed E-state index contributed by atoms with van der Waals surface area (Å²) in [4.78, 5) is 37.1. The van der Waals surface area contributed by atoms with Gasteiger partial charge in [0, 0.05) is 12.6 Å². The number of esters is 1. The number of phenols is 1. The zero-order valence-electron chi connectivity index (χ0n) is 24.8. The molecule has 0 aliphatic carbocycles. The molecule has 4 rings (SSSR count). The summed E-state index contributed by atoms with van der Waals surface area (Å²) < 4.78 is 22.3. The largest absolute Gasteiger partial charge is 0.508 e. The van der Waals surface area contributed by atoms with Gasteiger partial charge in [0.15, 0.2) is 16.9 Å². The highest BCUT2D eigenvalue weighted by Crippen LogP contribution is 2.37. The maximum absolute atomic E-state index is 13.2. The molecule has 244 valence electrons. The molecule has 0 bridgehead atoms. The molecule has 0 spiro atoms. The Morgan fingerprint density at radius 2 is 1.78 bits per heavy atom. The van der Waals surface area contributed by atoms with Crippen molar-refractivity contribution in [3.05, 3.63) is 59.0 Å². The molecule has 14 nitrogen and oxygen atoms in total. The predicted molar refractivity (Wildman–Crippen MR) is 157 cm³/mol. The molecule has 45 heavy (non-hydrogen) atoms. The van der Waals surface area contributed by atoms with E-state index in [1.807, 2.05) is 0 Å². The topological polar surface area (TPSA) is 225 Å². The van der Waals surface area contributed by atoms with Crippen LogP contribution in [-0.4, -0.2) is 99.1 Å². The molecule has 0 saturated carbocycles. The summed E-state index contributed by atoms with van der Waals surface area (Å²) in [5, 5.41) is 66.3. The van der Waals surface area contributed by atoms with Crippen LogP contribution >= 0.6 is 0 Å². The lowest BCUT2D eigenvalue weighted by molar-refractivity contribution is -0.334. The molecule has 2 aromatic carbocycles. The number of hydrogen-bond acceptors (Lipinski definition) is 13. The van der Waals surface area contributed by atoms with E-state index < -0.39 is 60.8 Å². The van der Waals surface area contributed by atoms with Gasteiger partial charge >= 0.3 is 11.9 Å². The number of hydrogen-bond donors (Lipinski definition) is 7. The van der Waals surface area contributed by atoms with E-state index in [0.717, 1.165) is 0 Å². The molecule has 1 aromatic heterocycles. The number of fused-ring (bicyclic) bond motifs is 1. The van der Waals surface area contributed by atoms with Crippen molar-refractivity contribution in [1.29, 1.82) is 0 Å². The summed E-state index contributed by atoms with van der Waals surface area (Å²) in [6.45, 7) is 2.52. The van der Waals surface area contributed by atoms with Gasteiger partial charge < -0.3 is 54.6 Å². The Hall–Kier alpha value is -4.05. The summed E-state index contributed by atoms with van der Waals surface area (Å²) in [5.41, 5.74) is -2.11. The fraction of sp³-hybridized carbons (Fsp3) is 0.452. The summed E-state index contributed by atoms with van der Waals surface area (Å²) in [5.74, 6) is -4.28. The lowest BCUT2D eigenvalue weighted by Crippen LogP contribution is -2.72. The Morgan fingerprint density at radius 3 is 2.40 bits per heavy atom. The molecule has 1 aliphatic heterocycles. The summed E-state index contributed by atoms with van der Waals surface area (Å²) in [6, 6.07) is 10.1. The van der Waals surface area contributed by atoms with Crippen LogP contribution in [-0.2, 0) is 19.1 Å². The molecule has 1 aliphatic rings. The Kier molecular flexibility index (Phi) is 10.5. The van der Waals surface area contributed by atoms with Gasteiger partial charge in [0.25, 0.3) is 0 Å². The van der Waals surface area contributed by atoms with E-state index in [9.17, 15) is 45.0 Å². The quantitative estimate of drug-likeness (QED) is 0.107. The van der Waals surface area contributed by atoms with Gasteiger partial charge in [0.1, 0.15) is 48.3 Å². The monoisotopic (exact) mass is 631 g/mol. The number of carbonyl (C=O) groups is 2. The van der Waals surface area contributed by atoms with Crippen molar-refractivity contribution >= 4 is 22.9 Å². The van der Waals surface area contributed by atoms with Gasteiger partial charge in [0.05, 0.1) is 17.1 Å². The number of aromatic hydroxyl groups is 1. The first-order valence-electron chi connectivity index (χ1n) is 14.3.